The Bertz CT molecular complexity index is 427. The zero-order chi connectivity index (χ0) is 14.4. The molecule has 1 fully saturated rings. The van der Waals surface area contributed by atoms with Crippen LogP contribution in [-0.4, -0.2) is 19.7 Å². The first-order valence-electron chi connectivity index (χ1n) is 7.89. The maximum absolute atomic E-state index is 6.02. The summed E-state index contributed by atoms with van der Waals surface area (Å²) in [6.07, 6.45) is 6.14. The Labute approximate surface area is 122 Å². The fourth-order valence-electron chi connectivity index (χ4n) is 2.40. The Balaban J connectivity index is 1.89. The third-order valence-electron chi connectivity index (χ3n) is 3.96. The van der Waals surface area contributed by atoms with Crippen molar-refractivity contribution in [1.82, 2.24) is 0 Å². The highest BCUT2D eigenvalue weighted by Gasteiger charge is 2.22. The van der Waals surface area contributed by atoms with Crippen LogP contribution in [0.1, 0.15) is 43.2 Å². The molecule has 0 bridgehead atoms. The minimum absolute atomic E-state index is 0.793. The molecule has 1 aromatic carbocycles. The van der Waals surface area contributed by atoms with Gasteiger partial charge in [0.05, 0.1) is 6.61 Å². The van der Waals surface area contributed by atoms with Gasteiger partial charge in [0, 0.05) is 17.8 Å². The van der Waals surface area contributed by atoms with Crippen molar-refractivity contribution in [2.24, 2.45) is 11.7 Å². The van der Waals surface area contributed by atoms with Crippen LogP contribution in [-0.2, 0) is 0 Å². The van der Waals surface area contributed by atoms with Gasteiger partial charge < -0.3 is 15.8 Å². The van der Waals surface area contributed by atoms with Crippen LogP contribution < -0.4 is 15.8 Å². The zero-order valence-corrected chi connectivity index (χ0v) is 12.9. The van der Waals surface area contributed by atoms with Crippen LogP contribution in [0, 0.1) is 19.8 Å². The molecule has 0 aliphatic heterocycles. The van der Waals surface area contributed by atoms with Crippen molar-refractivity contribution in [1.29, 1.82) is 0 Å². The van der Waals surface area contributed by atoms with Gasteiger partial charge in [-0.1, -0.05) is 12.5 Å². The molecule has 112 valence electrons. The Kier molecular flexibility index (Phi) is 5.72. The lowest BCUT2D eigenvalue weighted by molar-refractivity contribution is 0.296. The Hall–Kier alpha value is -1.22. The number of unbranched alkanes of at least 4 members (excludes halogenated alkanes) is 2. The van der Waals surface area contributed by atoms with Crippen molar-refractivity contribution in [3.8, 4) is 5.75 Å². The molecule has 0 atom stereocenters. The third-order valence-corrected chi connectivity index (χ3v) is 3.96. The number of ether oxygens (including phenoxy) is 1. The van der Waals surface area contributed by atoms with Gasteiger partial charge in [-0.05, 0) is 63.6 Å². The molecule has 0 aromatic heterocycles. The van der Waals surface area contributed by atoms with Crippen molar-refractivity contribution in [3.63, 3.8) is 0 Å². The van der Waals surface area contributed by atoms with Crippen LogP contribution in [0.15, 0.2) is 12.1 Å². The Morgan fingerprint density at radius 3 is 2.70 bits per heavy atom. The van der Waals surface area contributed by atoms with E-state index in [0.29, 0.717) is 0 Å². The maximum Gasteiger partial charge on any atom is 0.127 e. The molecule has 1 aliphatic carbocycles. The van der Waals surface area contributed by atoms with Crippen molar-refractivity contribution in [2.75, 3.05) is 25.0 Å². The van der Waals surface area contributed by atoms with E-state index < -0.39 is 0 Å². The second-order valence-corrected chi connectivity index (χ2v) is 5.91. The fraction of sp³-hybridized carbons (Fsp3) is 0.647. The monoisotopic (exact) mass is 276 g/mol. The second-order valence-electron chi connectivity index (χ2n) is 5.91. The quantitative estimate of drug-likeness (QED) is 0.677. The van der Waals surface area contributed by atoms with E-state index in [1.807, 2.05) is 0 Å². The lowest BCUT2D eigenvalue weighted by Crippen LogP contribution is -2.07. The molecule has 3 heteroatoms. The van der Waals surface area contributed by atoms with Crippen LogP contribution in [0.5, 0.6) is 5.75 Å². The van der Waals surface area contributed by atoms with Crippen molar-refractivity contribution >= 4 is 5.69 Å². The van der Waals surface area contributed by atoms with Gasteiger partial charge in [-0.15, -0.1) is 0 Å². The molecule has 3 nitrogen and oxygen atoms in total. The molecule has 2 rings (SSSR count). The first-order chi connectivity index (χ1) is 9.72. The molecule has 3 N–H and O–H groups in total. The number of anilines is 1. The van der Waals surface area contributed by atoms with E-state index in [4.69, 9.17) is 10.5 Å². The van der Waals surface area contributed by atoms with E-state index in [1.165, 1.54) is 42.5 Å². The standard InChI is InChI=1S/C17H28N2O/c1-13-6-9-16(19-11-5-3-4-10-18)14(2)17(13)20-12-15-7-8-15/h6,9,15,19H,3-5,7-8,10-12,18H2,1-2H3. The van der Waals surface area contributed by atoms with Crippen LogP contribution in [0.3, 0.4) is 0 Å². The molecule has 0 saturated heterocycles. The number of nitrogens with one attached hydrogen (secondary N) is 1. The third kappa shape index (κ3) is 4.41. The van der Waals surface area contributed by atoms with Crippen molar-refractivity contribution in [2.45, 2.75) is 46.0 Å². The van der Waals surface area contributed by atoms with E-state index in [-0.39, 0.29) is 0 Å². The lowest BCUT2D eigenvalue weighted by atomic mass is 10.1. The number of aryl methyl sites for hydroxylation is 1. The number of hydrogen-bond donors (Lipinski definition) is 2. The smallest absolute Gasteiger partial charge is 0.127 e. The highest BCUT2D eigenvalue weighted by Crippen LogP contribution is 2.33. The van der Waals surface area contributed by atoms with E-state index >= 15 is 0 Å². The highest BCUT2D eigenvalue weighted by molar-refractivity contribution is 5.59. The van der Waals surface area contributed by atoms with Gasteiger partial charge in [-0.2, -0.15) is 0 Å². The molecule has 0 spiro atoms. The normalized spacial score (nSPS) is 14.3. The van der Waals surface area contributed by atoms with Gasteiger partial charge in [0.1, 0.15) is 5.75 Å². The van der Waals surface area contributed by atoms with Gasteiger partial charge in [-0.25, -0.2) is 0 Å². The Morgan fingerprint density at radius 2 is 2.00 bits per heavy atom. The summed E-state index contributed by atoms with van der Waals surface area (Å²) in [5, 5.41) is 3.52. The average molecular weight is 276 g/mol. The van der Waals surface area contributed by atoms with E-state index in [1.54, 1.807) is 0 Å². The topological polar surface area (TPSA) is 47.3 Å². The summed E-state index contributed by atoms with van der Waals surface area (Å²) in [6, 6.07) is 4.31. The van der Waals surface area contributed by atoms with Gasteiger partial charge in [0.2, 0.25) is 0 Å². The molecule has 1 aromatic rings. The molecular weight excluding hydrogens is 248 g/mol. The van der Waals surface area contributed by atoms with E-state index in [9.17, 15) is 0 Å². The Morgan fingerprint density at radius 1 is 1.20 bits per heavy atom. The molecule has 0 amide bonds. The molecule has 0 radical (unpaired) electrons. The summed E-state index contributed by atoms with van der Waals surface area (Å²) >= 11 is 0. The van der Waals surface area contributed by atoms with Gasteiger partial charge >= 0.3 is 0 Å². The van der Waals surface area contributed by atoms with Crippen molar-refractivity contribution in [3.05, 3.63) is 23.3 Å². The minimum atomic E-state index is 0.793. The van der Waals surface area contributed by atoms with Gasteiger partial charge in [0.15, 0.2) is 0 Å². The second kappa shape index (κ2) is 7.53. The number of nitrogens with two attached hydrogens (primary N) is 1. The summed E-state index contributed by atoms with van der Waals surface area (Å²) in [6.45, 7) is 6.95. The lowest BCUT2D eigenvalue weighted by Gasteiger charge is -2.16. The first kappa shape index (κ1) is 15.2. The minimum Gasteiger partial charge on any atom is -0.493 e. The van der Waals surface area contributed by atoms with Gasteiger partial charge in [0.25, 0.3) is 0 Å². The molecule has 1 aliphatic rings. The molecule has 0 unspecified atom stereocenters. The first-order valence-corrected chi connectivity index (χ1v) is 7.89. The molecule has 0 heterocycles. The summed E-state index contributed by atoms with van der Waals surface area (Å²) < 4.78 is 6.02. The SMILES string of the molecule is Cc1ccc(NCCCCCN)c(C)c1OCC1CC1. The van der Waals surface area contributed by atoms with E-state index in [2.05, 4.69) is 31.3 Å². The van der Waals surface area contributed by atoms with Crippen molar-refractivity contribution < 1.29 is 4.74 Å². The summed E-state index contributed by atoms with van der Waals surface area (Å²) in [5.74, 6) is 1.87. The summed E-state index contributed by atoms with van der Waals surface area (Å²) in [5.41, 5.74) is 9.18. The van der Waals surface area contributed by atoms with Crippen LogP contribution >= 0.6 is 0 Å². The molecule has 1 saturated carbocycles. The number of rotatable bonds is 9. The molecular formula is C17H28N2O. The number of hydrogen-bond acceptors (Lipinski definition) is 3. The summed E-state index contributed by atoms with van der Waals surface area (Å²) in [4.78, 5) is 0. The van der Waals surface area contributed by atoms with Gasteiger partial charge in [-0.3, -0.25) is 0 Å². The predicted molar refractivity (Wildman–Crippen MR) is 85.5 cm³/mol. The van der Waals surface area contributed by atoms with Crippen LogP contribution in [0.4, 0.5) is 5.69 Å². The largest absolute Gasteiger partial charge is 0.493 e. The number of benzene rings is 1. The van der Waals surface area contributed by atoms with E-state index in [0.717, 1.165) is 37.8 Å². The predicted octanol–water partition coefficient (Wildman–Crippen LogP) is 3.63. The average Bonchev–Trinajstić information content (AvgIpc) is 3.25. The molecule has 20 heavy (non-hydrogen) atoms. The van der Waals surface area contributed by atoms with Crippen LogP contribution in [0.25, 0.3) is 0 Å². The highest BCUT2D eigenvalue weighted by atomic mass is 16.5. The van der Waals surface area contributed by atoms with Crippen LogP contribution in [0.2, 0.25) is 0 Å². The maximum atomic E-state index is 6.02. The summed E-state index contributed by atoms with van der Waals surface area (Å²) in [7, 11) is 0. The fourth-order valence-corrected chi connectivity index (χ4v) is 2.40. The zero-order valence-electron chi connectivity index (χ0n) is 12.9.